The second kappa shape index (κ2) is 5.25. The van der Waals surface area contributed by atoms with E-state index in [1.807, 2.05) is 34.6 Å². The predicted octanol–water partition coefficient (Wildman–Crippen LogP) is 2.13. The van der Waals surface area contributed by atoms with Crippen LogP contribution in [0.3, 0.4) is 0 Å². The molecular formula is C13H20N2O3. The molecule has 0 fully saturated rings. The van der Waals surface area contributed by atoms with Gasteiger partial charge in [0.2, 0.25) is 0 Å². The van der Waals surface area contributed by atoms with Gasteiger partial charge >= 0.3 is 6.09 Å². The van der Waals surface area contributed by atoms with Crippen LogP contribution in [0.1, 0.15) is 34.6 Å². The quantitative estimate of drug-likeness (QED) is 0.810. The lowest BCUT2D eigenvalue weighted by Gasteiger charge is -2.31. The van der Waals surface area contributed by atoms with Gasteiger partial charge in [0.1, 0.15) is 5.60 Å². The van der Waals surface area contributed by atoms with Crippen molar-refractivity contribution in [2.45, 2.75) is 46.3 Å². The summed E-state index contributed by atoms with van der Waals surface area (Å²) in [6, 6.07) is 2.72. The number of nitrogens with zero attached hydrogens (tertiary/aromatic N) is 2. The first-order chi connectivity index (χ1) is 8.20. The van der Waals surface area contributed by atoms with Crippen molar-refractivity contribution < 1.29 is 9.53 Å². The normalized spacial score (nSPS) is 11.4. The molecule has 100 valence electrons. The molecule has 0 spiro atoms. The van der Waals surface area contributed by atoms with Crippen molar-refractivity contribution in [3.63, 3.8) is 0 Å². The molecule has 1 heterocycles. The van der Waals surface area contributed by atoms with Crippen molar-refractivity contribution in [1.29, 1.82) is 0 Å². The molecular weight excluding hydrogens is 232 g/mol. The van der Waals surface area contributed by atoms with Crippen LogP contribution in [-0.4, -0.2) is 22.4 Å². The third kappa shape index (κ3) is 3.91. The summed E-state index contributed by atoms with van der Waals surface area (Å²) < 4.78 is 6.89. The summed E-state index contributed by atoms with van der Waals surface area (Å²) in [5.74, 6) is 0. The fourth-order valence-corrected chi connectivity index (χ4v) is 1.43. The van der Waals surface area contributed by atoms with Crippen LogP contribution in [0.25, 0.3) is 0 Å². The standard InChI is InChI=1S/C13H20N2O3/c1-10(2)15(12(17)18-13(3,4)5)14-8-6-11(16)7-9-14/h6-10H,1-5H3. The first-order valence-corrected chi connectivity index (χ1v) is 5.91. The van der Waals surface area contributed by atoms with E-state index in [0.29, 0.717) is 0 Å². The molecule has 0 radical (unpaired) electrons. The topological polar surface area (TPSA) is 51.5 Å². The summed E-state index contributed by atoms with van der Waals surface area (Å²) in [6.45, 7) is 9.20. The highest BCUT2D eigenvalue weighted by Crippen LogP contribution is 2.11. The van der Waals surface area contributed by atoms with Crippen LogP contribution in [0.2, 0.25) is 0 Å². The van der Waals surface area contributed by atoms with E-state index in [1.165, 1.54) is 17.1 Å². The molecule has 18 heavy (non-hydrogen) atoms. The van der Waals surface area contributed by atoms with Crippen molar-refractivity contribution in [3.05, 3.63) is 34.7 Å². The first kappa shape index (κ1) is 14.3. The highest BCUT2D eigenvalue weighted by Gasteiger charge is 2.24. The fraction of sp³-hybridized carbons (Fsp3) is 0.538. The van der Waals surface area contributed by atoms with Gasteiger partial charge in [0.05, 0.1) is 6.04 Å². The molecule has 0 N–H and O–H groups in total. The Bertz CT molecular complexity index is 451. The van der Waals surface area contributed by atoms with E-state index in [9.17, 15) is 9.59 Å². The zero-order valence-corrected chi connectivity index (χ0v) is 11.5. The molecule has 0 aliphatic rings. The number of amides is 1. The summed E-state index contributed by atoms with van der Waals surface area (Å²) in [4.78, 5) is 23.2. The summed E-state index contributed by atoms with van der Waals surface area (Å²) in [5.41, 5.74) is -0.650. The number of ether oxygens (including phenoxy) is 1. The Balaban J connectivity index is 3.00. The first-order valence-electron chi connectivity index (χ1n) is 5.91. The van der Waals surface area contributed by atoms with Crippen LogP contribution in [0.4, 0.5) is 4.79 Å². The number of carbonyl (C=O) groups excluding carboxylic acids is 1. The van der Waals surface area contributed by atoms with Gasteiger partial charge in [-0.2, -0.15) is 0 Å². The van der Waals surface area contributed by atoms with E-state index < -0.39 is 11.7 Å². The molecule has 0 unspecified atom stereocenters. The van der Waals surface area contributed by atoms with Crippen LogP contribution in [0, 0.1) is 0 Å². The Labute approximate surface area is 107 Å². The van der Waals surface area contributed by atoms with Crippen LogP contribution < -0.4 is 10.4 Å². The zero-order valence-electron chi connectivity index (χ0n) is 11.5. The second-order valence-electron chi connectivity index (χ2n) is 5.33. The van der Waals surface area contributed by atoms with Crippen LogP contribution in [-0.2, 0) is 4.74 Å². The highest BCUT2D eigenvalue weighted by molar-refractivity contribution is 5.79. The van der Waals surface area contributed by atoms with E-state index in [0.717, 1.165) is 0 Å². The summed E-state index contributed by atoms with van der Waals surface area (Å²) in [7, 11) is 0. The molecule has 0 atom stereocenters. The Kier molecular flexibility index (Phi) is 4.16. The van der Waals surface area contributed by atoms with Gasteiger partial charge in [0, 0.05) is 24.5 Å². The third-order valence-corrected chi connectivity index (χ3v) is 2.10. The maximum absolute atomic E-state index is 12.1. The minimum absolute atomic E-state index is 0.0812. The lowest BCUT2D eigenvalue weighted by atomic mass is 10.2. The molecule has 0 aliphatic carbocycles. The number of hydrogen-bond acceptors (Lipinski definition) is 3. The molecule has 5 heteroatoms. The van der Waals surface area contributed by atoms with E-state index in [2.05, 4.69) is 0 Å². The van der Waals surface area contributed by atoms with Gasteiger partial charge in [-0.15, -0.1) is 0 Å². The van der Waals surface area contributed by atoms with Gasteiger partial charge in [-0.3, -0.25) is 9.47 Å². The van der Waals surface area contributed by atoms with Crippen molar-refractivity contribution in [2.24, 2.45) is 0 Å². The Morgan fingerprint density at radius 1 is 1.28 bits per heavy atom. The number of rotatable bonds is 2. The molecule has 5 nitrogen and oxygen atoms in total. The molecule has 0 aromatic carbocycles. The van der Waals surface area contributed by atoms with Crippen molar-refractivity contribution >= 4 is 6.09 Å². The average molecular weight is 252 g/mol. The van der Waals surface area contributed by atoms with E-state index >= 15 is 0 Å². The molecule has 1 aromatic rings. The van der Waals surface area contributed by atoms with Crippen molar-refractivity contribution in [3.8, 4) is 0 Å². The Morgan fingerprint density at radius 2 is 1.78 bits per heavy atom. The van der Waals surface area contributed by atoms with Gasteiger partial charge in [0.15, 0.2) is 5.43 Å². The summed E-state index contributed by atoms with van der Waals surface area (Å²) >= 11 is 0. The molecule has 1 rings (SSSR count). The van der Waals surface area contributed by atoms with Crippen molar-refractivity contribution in [2.75, 3.05) is 5.01 Å². The van der Waals surface area contributed by atoms with Gasteiger partial charge in [-0.05, 0) is 34.6 Å². The number of pyridine rings is 1. The molecule has 0 saturated carbocycles. The Hall–Kier alpha value is -1.78. The molecule has 0 bridgehead atoms. The van der Waals surface area contributed by atoms with Gasteiger partial charge < -0.3 is 4.74 Å². The largest absolute Gasteiger partial charge is 0.442 e. The number of aromatic nitrogens is 1. The van der Waals surface area contributed by atoms with Gasteiger partial charge in [-0.25, -0.2) is 9.80 Å². The monoisotopic (exact) mass is 252 g/mol. The third-order valence-electron chi connectivity index (χ3n) is 2.10. The van der Waals surface area contributed by atoms with Crippen LogP contribution in [0.15, 0.2) is 29.3 Å². The maximum atomic E-state index is 12.1. The molecule has 0 aliphatic heterocycles. The Morgan fingerprint density at radius 3 is 2.17 bits per heavy atom. The highest BCUT2D eigenvalue weighted by atomic mass is 16.6. The molecule has 1 amide bonds. The van der Waals surface area contributed by atoms with E-state index in [4.69, 9.17) is 4.74 Å². The van der Waals surface area contributed by atoms with Crippen LogP contribution in [0.5, 0.6) is 0 Å². The SMILES string of the molecule is CC(C)N(C(=O)OC(C)(C)C)n1ccc(=O)cc1. The maximum Gasteiger partial charge on any atom is 0.429 e. The fourth-order valence-electron chi connectivity index (χ4n) is 1.43. The minimum atomic E-state index is -0.552. The number of carbonyl (C=O) groups is 1. The smallest absolute Gasteiger partial charge is 0.429 e. The van der Waals surface area contributed by atoms with Gasteiger partial charge in [-0.1, -0.05) is 0 Å². The van der Waals surface area contributed by atoms with Crippen LogP contribution >= 0.6 is 0 Å². The number of hydrogen-bond donors (Lipinski definition) is 0. The average Bonchev–Trinajstić information content (AvgIpc) is 2.18. The van der Waals surface area contributed by atoms with Gasteiger partial charge in [0.25, 0.3) is 0 Å². The van der Waals surface area contributed by atoms with E-state index in [-0.39, 0.29) is 11.5 Å². The lowest BCUT2D eigenvalue weighted by Crippen LogP contribution is -2.48. The minimum Gasteiger partial charge on any atom is -0.442 e. The predicted molar refractivity (Wildman–Crippen MR) is 70.3 cm³/mol. The second-order valence-corrected chi connectivity index (χ2v) is 5.33. The molecule has 0 saturated heterocycles. The summed E-state index contributed by atoms with van der Waals surface area (Å²) in [5, 5.41) is 1.45. The lowest BCUT2D eigenvalue weighted by molar-refractivity contribution is 0.0524. The van der Waals surface area contributed by atoms with E-state index in [1.54, 1.807) is 17.1 Å². The zero-order chi connectivity index (χ0) is 13.9. The van der Waals surface area contributed by atoms with Crippen molar-refractivity contribution in [1.82, 2.24) is 4.68 Å². The summed E-state index contributed by atoms with van der Waals surface area (Å²) in [6.07, 6.45) is 2.65. The molecule has 1 aromatic heterocycles.